The molecule has 11 heteroatoms. The fraction of sp³-hybridized carbons (Fsp3) is 0.115. The summed E-state index contributed by atoms with van der Waals surface area (Å²) in [5.74, 6) is 0.761. The molecule has 0 aromatic heterocycles. The van der Waals surface area contributed by atoms with Crippen LogP contribution in [0.25, 0.3) is 11.6 Å². The fourth-order valence-electron chi connectivity index (χ4n) is 3.82. The van der Waals surface area contributed by atoms with Gasteiger partial charge in [-0.2, -0.15) is 0 Å². The SMILES string of the molecule is COc1ccc(/C=C2\OC(=O)C([C@@H](O)c3cc(Br)c(OC)c(Br)c3)=C2c2cc(Br)c(O)c(Br)c2)cc1Br. The summed E-state index contributed by atoms with van der Waals surface area (Å²) in [6, 6.07) is 12.1. The van der Waals surface area contributed by atoms with Crippen LogP contribution < -0.4 is 9.47 Å². The Hall–Kier alpha value is -1.63. The highest BCUT2D eigenvalue weighted by atomic mass is 79.9. The Morgan fingerprint density at radius 2 is 1.49 bits per heavy atom. The number of cyclic esters (lactones) is 1. The molecule has 1 heterocycles. The Labute approximate surface area is 255 Å². The van der Waals surface area contributed by atoms with Crippen LogP contribution >= 0.6 is 79.6 Å². The number of benzene rings is 3. The van der Waals surface area contributed by atoms with E-state index in [9.17, 15) is 15.0 Å². The van der Waals surface area contributed by atoms with Crippen LogP contribution in [0.3, 0.4) is 0 Å². The number of esters is 1. The number of hydrogen-bond acceptors (Lipinski definition) is 6. The molecule has 0 saturated heterocycles. The first kappa shape index (κ1) is 28.4. The van der Waals surface area contributed by atoms with Crippen molar-refractivity contribution in [3.8, 4) is 17.2 Å². The maximum Gasteiger partial charge on any atom is 0.343 e. The van der Waals surface area contributed by atoms with E-state index in [0.717, 1.165) is 10.0 Å². The molecule has 2 N–H and O–H groups in total. The highest BCUT2D eigenvalue weighted by molar-refractivity contribution is 9.11. The van der Waals surface area contributed by atoms with Crippen LogP contribution in [0.5, 0.6) is 17.2 Å². The van der Waals surface area contributed by atoms with Crippen molar-refractivity contribution in [1.82, 2.24) is 0 Å². The molecular formula is C26H17Br5O6. The van der Waals surface area contributed by atoms with Gasteiger partial charge in [0.2, 0.25) is 0 Å². The van der Waals surface area contributed by atoms with E-state index in [1.54, 1.807) is 43.5 Å². The lowest BCUT2D eigenvalue weighted by molar-refractivity contribution is -0.134. The van der Waals surface area contributed by atoms with Gasteiger partial charge in [0.1, 0.15) is 29.1 Å². The number of halogens is 5. The predicted molar refractivity (Wildman–Crippen MR) is 159 cm³/mol. The molecule has 1 atom stereocenters. The largest absolute Gasteiger partial charge is 0.506 e. The van der Waals surface area contributed by atoms with E-state index in [-0.39, 0.29) is 17.1 Å². The lowest BCUT2D eigenvalue weighted by Crippen LogP contribution is -2.10. The van der Waals surface area contributed by atoms with Crippen molar-refractivity contribution in [2.24, 2.45) is 0 Å². The van der Waals surface area contributed by atoms with E-state index in [1.165, 1.54) is 7.11 Å². The number of aliphatic hydroxyl groups excluding tert-OH is 1. The highest BCUT2D eigenvalue weighted by Crippen LogP contribution is 2.46. The second-order valence-electron chi connectivity index (χ2n) is 7.79. The van der Waals surface area contributed by atoms with Crippen LogP contribution in [0, 0.1) is 0 Å². The van der Waals surface area contributed by atoms with Gasteiger partial charge < -0.3 is 24.4 Å². The fourth-order valence-corrected chi connectivity index (χ4v) is 7.11. The van der Waals surface area contributed by atoms with Gasteiger partial charge in [-0.25, -0.2) is 4.79 Å². The number of aliphatic hydroxyl groups is 1. The third-order valence-electron chi connectivity index (χ3n) is 5.53. The van der Waals surface area contributed by atoms with Crippen molar-refractivity contribution in [3.05, 3.63) is 92.9 Å². The van der Waals surface area contributed by atoms with Gasteiger partial charge in [0.05, 0.1) is 42.2 Å². The minimum atomic E-state index is -1.33. The first-order valence-electron chi connectivity index (χ1n) is 10.5. The number of phenols is 1. The number of aromatic hydroxyl groups is 1. The molecule has 3 aromatic carbocycles. The number of methoxy groups -OCH3 is 2. The number of allylic oxidation sites excluding steroid dienone is 1. The van der Waals surface area contributed by atoms with E-state index >= 15 is 0 Å². The number of carbonyl (C=O) groups is 1. The molecule has 6 nitrogen and oxygen atoms in total. The van der Waals surface area contributed by atoms with E-state index < -0.39 is 12.1 Å². The molecule has 1 aliphatic heterocycles. The Morgan fingerprint density at radius 3 is 2.03 bits per heavy atom. The number of phenolic OH excluding ortho intramolecular Hbond substituents is 1. The van der Waals surface area contributed by atoms with Crippen LogP contribution in [0.4, 0.5) is 0 Å². The molecule has 0 unspecified atom stereocenters. The van der Waals surface area contributed by atoms with Gasteiger partial charge in [0.25, 0.3) is 0 Å². The molecule has 1 aliphatic rings. The van der Waals surface area contributed by atoms with E-state index in [4.69, 9.17) is 14.2 Å². The van der Waals surface area contributed by atoms with E-state index in [0.29, 0.717) is 46.1 Å². The van der Waals surface area contributed by atoms with Gasteiger partial charge in [-0.3, -0.25) is 0 Å². The predicted octanol–water partition coefficient (Wildman–Crippen LogP) is 8.31. The summed E-state index contributed by atoms with van der Waals surface area (Å²) < 4.78 is 19.1. The Kier molecular flexibility index (Phi) is 8.92. The summed E-state index contributed by atoms with van der Waals surface area (Å²) in [5.41, 5.74) is 2.15. The zero-order valence-corrected chi connectivity index (χ0v) is 27.0. The third kappa shape index (κ3) is 5.72. The zero-order chi connectivity index (χ0) is 27.0. The smallest absolute Gasteiger partial charge is 0.343 e. The van der Waals surface area contributed by atoms with E-state index in [2.05, 4.69) is 79.6 Å². The molecule has 192 valence electrons. The standard InChI is InChI=1S/C26H17Br5O6/c1-35-19-4-3-11(5-14(19)27)6-20-21(12-7-15(28)24(33)16(29)8-12)22(26(34)37-20)23(32)13-9-17(30)25(36-2)18(31)10-13/h3-10,23,32-33H,1-2H3/b20-6-/t23-/m0/s1. The molecule has 0 aliphatic carbocycles. The Morgan fingerprint density at radius 1 is 0.865 bits per heavy atom. The van der Waals surface area contributed by atoms with Crippen molar-refractivity contribution < 1.29 is 29.2 Å². The number of hydrogen-bond donors (Lipinski definition) is 2. The molecule has 0 saturated carbocycles. The lowest BCUT2D eigenvalue weighted by Gasteiger charge is -2.16. The van der Waals surface area contributed by atoms with Crippen molar-refractivity contribution in [2.45, 2.75) is 6.10 Å². The minimum absolute atomic E-state index is 0.00400. The van der Waals surface area contributed by atoms with Crippen molar-refractivity contribution in [2.75, 3.05) is 14.2 Å². The summed E-state index contributed by atoms with van der Waals surface area (Å²) >= 11 is 17.1. The van der Waals surface area contributed by atoms with Gasteiger partial charge >= 0.3 is 5.97 Å². The van der Waals surface area contributed by atoms with Crippen LogP contribution in [0.2, 0.25) is 0 Å². The molecule has 0 fully saturated rings. The second-order valence-corrected chi connectivity index (χ2v) is 12.1. The zero-order valence-electron chi connectivity index (χ0n) is 19.1. The molecule has 3 aromatic rings. The summed E-state index contributed by atoms with van der Waals surface area (Å²) in [6.07, 6.45) is 0.368. The molecule has 0 radical (unpaired) electrons. The average Bonchev–Trinajstić information content (AvgIpc) is 3.16. The lowest BCUT2D eigenvalue weighted by atomic mass is 9.92. The highest BCUT2D eigenvalue weighted by Gasteiger charge is 2.37. The molecular weight excluding hydrogens is 808 g/mol. The van der Waals surface area contributed by atoms with Crippen LogP contribution in [-0.4, -0.2) is 30.4 Å². The van der Waals surface area contributed by atoms with Crippen molar-refractivity contribution in [1.29, 1.82) is 0 Å². The molecule has 37 heavy (non-hydrogen) atoms. The monoisotopic (exact) mass is 820 g/mol. The third-order valence-corrected chi connectivity index (χ3v) is 8.54. The Bertz CT molecular complexity index is 1430. The molecule has 4 rings (SSSR count). The van der Waals surface area contributed by atoms with Crippen molar-refractivity contribution in [3.63, 3.8) is 0 Å². The number of rotatable bonds is 6. The van der Waals surface area contributed by atoms with Crippen LogP contribution in [0.15, 0.2) is 76.2 Å². The summed E-state index contributed by atoms with van der Waals surface area (Å²) in [7, 11) is 3.10. The Balaban J connectivity index is 1.94. The molecule has 0 spiro atoms. The minimum Gasteiger partial charge on any atom is -0.506 e. The quantitative estimate of drug-likeness (QED) is 0.244. The molecule has 0 amide bonds. The van der Waals surface area contributed by atoms with Crippen molar-refractivity contribution >= 4 is 97.3 Å². The van der Waals surface area contributed by atoms with Gasteiger partial charge in [-0.05, 0) is 139 Å². The van der Waals surface area contributed by atoms with Gasteiger partial charge in [-0.15, -0.1) is 0 Å². The first-order chi connectivity index (χ1) is 17.5. The average molecular weight is 825 g/mol. The van der Waals surface area contributed by atoms with E-state index in [1.807, 2.05) is 12.1 Å². The number of ether oxygens (including phenoxy) is 3. The maximum atomic E-state index is 13.2. The second kappa shape index (κ2) is 11.6. The first-order valence-corrected chi connectivity index (χ1v) is 14.4. The number of carbonyl (C=O) groups excluding carboxylic acids is 1. The van der Waals surface area contributed by atoms with Gasteiger partial charge in [0, 0.05) is 5.57 Å². The summed E-state index contributed by atoms with van der Waals surface area (Å²) in [4.78, 5) is 13.2. The van der Waals surface area contributed by atoms with Gasteiger partial charge in [-0.1, -0.05) is 6.07 Å². The topological polar surface area (TPSA) is 85.2 Å². The maximum absolute atomic E-state index is 13.2. The van der Waals surface area contributed by atoms with Gasteiger partial charge in [0.15, 0.2) is 0 Å². The summed E-state index contributed by atoms with van der Waals surface area (Å²) in [6.45, 7) is 0. The van der Waals surface area contributed by atoms with Crippen LogP contribution in [-0.2, 0) is 9.53 Å². The molecule has 0 bridgehead atoms. The van der Waals surface area contributed by atoms with Crippen LogP contribution in [0.1, 0.15) is 22.8 Å². The normalized spacial score (nSPS) is 15.2. The summed E-state index contributed by atoms with van der Waals surface area (Å²) in [5, 5.41) is 21.7.